The third-order valence-electron chi connectivity index (χ3n) is 2.89. The third kappa shape index (κ3) is 5.95. The topological polar surface area (TPSA) is 61.4 Å². The number of likely N-dealkylation sites (N-methyl/N-ethyl adjacent to an activating group) is 1. The predicted octanol–water partition coefficient (Wildman–Crippen LogP) is 3.06. The first-order valence-electron chi connectivity index (χ1n) is 6.71. The van der Waals surface area contributed by atoms with E-state index < -0.39 is 0 Å². The molecule has 1 heterocycles. The molecular formula is C15H15BrClN3O2S. The molecular weight excluding hydrogens is 402 g/mol. The number of carbonyl (C=O) groups is 2. The number of nitrogens with one attached hydrogen (secondary N) is 2. The molecule has 2 amide bonds. The molecule has 0 fully saturated rings. The Morgan fingerprint density at radius 1 is 1.17 bits per heavy atom. The highest BCUT2D eigenvalue weighted by Crippen LogP contribution is 2.22. The average molecular weight is 417 g/mol. The zero-order valence-corrected chi connectivity index (χ0v) is 15.5. The van der Waals surface area contributed by atoms with Crippen LogP contribution in [0.25, 0.3) is 0 Å². The van der Waals surface area contributed by atoms with E-state index in [1.807, 2.05) is 24.1 Å². The number of hydrogen-bond donors (Lipinski definition) is 2. The maximum atomic E-state index is 11.9. The van der Waals surface area contributed by atoms with Crippen LogP contribution < -0.4 is 10.9 Å². The first kappa shape index (κ1) is 17.9. The van der Waals surface area contributed by atoms with E-state index in [0.717, 1.165) is 13.7 Å². The lowest BCUT2D eigenvalue weighted by molar-refractivity contribution is -0.122. The zero-order chi connectivity index (χ0) is 16.8. The van der Waals surface area contributed by atoms with E-state index in [1.54, 1.807) is 24.3 Å². The molecule has 0 atom stereocenters. The monoisotopic (exact) mass is 415 g/mol. The Kier molecular flexibility index (Phi) is 6.59. The molecule has 0 aliphatic heterocycles. The molecule has 1 aromatic heterocycles. The standard InChI is InChI=1S/C15H15BrClN3O2S/c1-20(8-12-6-7-13(17)23-12)9-14(21)18-19-15(22)10-2-4-11(16)5-3-10/h2-7H,8-9H2,1H3,(H,18,21)(H,19,22). The van der Waals surface area contributed by atoms with Gasteiger partial charge < -0.3 is 0 Å². The Hall–Kier alpha value is -1.41. The van der Waals surface area contributed by atoms with Crippen LogP contribution in [0, 0.1) is 0 Å². The summed E-state index contributed by atoms with van der Waals surface area (Å²) >= 11 is 10.6. The molecule has 0 aliphatic carbocycles. The van der Waals surface area contributed by atoms with Crippen LogP contribution in [-0.4, -0.2) is 30.3 Å². The summed E-state index contributed by atoms with van der Waals surface area (Å²) in [6.45, 7) is 0.779. The maximum absolute atomic E-state index is 11.9. The highest BCUT2D eigenvalue weighted by molar-refractivity contribution is 9.10. The van der Waals surface area contributed by atoms with Gasteiger partial charge in [-0.3, -0.25) is 25.3 Å². The molecule has 5 nitrogen and oxygen atoms in total. The lowest BCUT2D eigenvalue weighted by Crippen LogP contribution is -2.45. The Morgan fingerprint density at radius 2 is 1.87 bits per heavy atom. The van der Waals surface area contributed by atoms with Crippen molar-refractivity contribution in [2.75, 3.05) is 13.6 Å². The van der Waals surface area contributed by atoms with Crippen LogP contribution in [0.2, 0.25) is 4.34 Å². The number of carbonyl (C=O) groups excluding carboxylic acids is 2. The smallest absolute Gasteiger partial charge is 0.269 e. The molecule has 23 heavy (non-hydrogen) atoms. The second kappa shape index (κ2) is 8.44. The van der Waals surface area contributed by atoms with Crippen molar-refractivity contribution >= 4 is 50.7 Å². The number of hydrazine groups is 1. The molecule has 122 valence electrons. The summed E-state index contributed by atoms with van der Waals surface area (Å²) < 4.78 is 1.60. The summed E-state index contributed by atoms with van der Waals surface area (Å²) in [4.78, 5) is 26.6. The lowest BCUT2D eigenvalue weighted by atomic mass is 10.2. The summed E-state index contributed by atoms with van der Waals surface area (Å²) in [5, 5.41) is 0. The Balaban J connectivity index is 1.76. The first-order chi connectivity index (χ1) is 10.9. The van der Waals surface area contributed by atoms with Crippen LogP contribution >= 0.6 is 38.9 Å². The Labute approximate surface area is 151 Å². The van der Waals surface area contributed by atoms with Gasteiger partial charge in [-0.2, -0.15) is 0 Å². The first-order valence-corrected chi connectivity index (χ1v) is 8.70. The largest absolute Gasteiger partial charge is 0.292 e. The SMILES string of the molecule is CN(CC(=O)NNC(=O)c1ccc(Br)cc1)Cc1ccc(Cl)s1. The van der Waals surface area contributed by atoms with Crippen molar-refractivity contribution in [3.8, 4) is 0 Å². The quantitative estimate of drug-likeness (QED) is 0.737. The number of benzene rings is 1. The van der Waals surface area contributed by atoms with E-state index in [9.17, 15) is 9.59 Å². The zero-order valence-electron chi connectivity index (χ0n) is 12.3. The Morgan fingerprint density at radius 3 is 2.48 bits per heavy atom. The van der Waals surface area contributed by atoms with Crippen molar-refractivity contribution < 1.29 is 9.59 Å². The molecule has 0 bridgehead atoms. The van der Waals surface area contributed by atoms with Crippen molar-refractivity contribution in [1.82, 2.24) is 15.8 Å². The number of thiophene rings is 1. The lowest BCUT2D eigenvalue weighted by Gasteiger charge is -2.15. The second-order valence-corrected chi connectivity index (χ2v) is 7.60. The van der Waals surface area contributed by atoms with E-state index in [0.29, 0.717) is 12.1 Å². The van der Waals surface area contributed by atoms with Crippen LogP contribution in [0.15, 0.2) is 40.9 Å². The summed E-state index contributed by atoms with van der Waals surface area (Å²) in [5.74, 6) is -0.654. The molecule has 1 aromatic carbocycles. The highest BCUT2D eigenvalue weighted by Gasteiger charge is 2.10. The summed E-state index contributed by atoms with van der Waals surface area (Å²) in [6, 6.07) is 10.6. The fourth-order valence-corrected chi connectivity index (χ4v) is 3.28. The highest BCUT2D eigenvalue weighted by atomic mass is 79.9. The molecule has 0 radical (unpaired) electrons. The van der Waals surface area contributed by atoms with Gasteiger partial charge in [-0.25, -0.2) is 0 Å². The van der Waals surface area contributed by atoms with Crippen molar-refractivity contribution in [3.63, 3.8) is 0 Å². The van der Waals surface area contributed by atoms with Crippen molar-refractivity contribution in [1.29, 1.82) is 0 Å². The molecule has 2 aromatic rings. The number of amides is 2. The van der Waals surface area contributed by atoms with Crippen LogP contribution in [-0.2, 0) is 11.3 Å². The maximum Gasteiger partial charge on any atom is 0.269 e. The summed E-state index contributed by atoms with van der Waals surface area (Å²) in [6.07, 6.45) is 0. The van der Waals surface area contributed by atoms with Crippen LogP contribution in [0.1, 0.15) is 15.2 Å². The van der Waals surface area contributed by atoms with Gasteiger partial charge in [0.25, 0.3) is 11.8 Å². The van der Waals surface area contributed by atoms with E-state index in [-0.39, 0.29) is 18.4 Å². The van der Waals surface area contributed by atoms with E-state index >= 15 is 0 Å². The number of nitrogens with zero attached hydrogens (tertiary/aromatic N) is 1. The number of hydrogen-bond acceptors (Lipinski definition) is 4. The average Bonchev–Trinajstić information content (AvgIpc) is 2.90. The van der Waals surface area contributed by atoms with Gasteiger partial charge in [0.1, 0.15) is 0 Å². The fraction of sp³-hybridized carbons (Fsp3) is 0.200. The van der Waals surface area contributed by atoms with Gasteiger partial charge in [0.05, 0.1) is 10.9 Å². The summed E-state index contributed by atoms with van der Waals surface area (Å²) in [7, 11) is 1.82. The van der Waals surface area contributed by atoms with E-state index in [1.165, 1.54) is 11.3 Å². The third-order valence-corrected chi connectivity index (χ3v) is 4.63. The van der Waals surface area contributed by atoms with Gasteiger partial charge in [0.2, 0.25) is 0 Å². The second-order valence-electron chi connectivity index (χ2n) is 4.89. The van der Waals surface area contributed by atoms with Crippen molar-refractivity contribution in [2.45, 2.75) is 6.54 Å². The summed E-state index contributed by atoms with van der Waals surface area (Å²) in [5.41, 5.74) is 5.26. The molecule has 0 spiro atoms. The van der Waals surface area contributed by atoms with Crippen molar-refractivity contribution in [3.05, 3.63) is 55.6 Å². The van der Waals surface area contributed by atoms with E-state index in [2.05, 4.69) is 26.8 Å². The van der Waals surface area contributed by atoms with Gasteiger partial charge in [0, 0.05) is 21.5 Å². The van der Waals surface area contributed by atoms with Crippen LogP contribution in [0.3, 0.4) is 0 Å². The van der Waals surface area contributed by atoms with Gasteiger partial charge in [-0.1, -0.05) is 27.5 Å². The minimum absolute atomic E-state index is 0.163. The van der Waals surface area contributed by atoms with Gasteiger partial charge in [-0.15, -0.1) is 11.3 Å². The predicted molar refractivity (Wildman–Crippen MR) is 95.4 cm³/mol. The molecule has 0 unspecified atom stereocenters. The number of rotatable bonds is 5. The molecule has 2 N–H and O–H groups in total. The molecule has 0 saturated carbocycles. The number of halogens is 2. The van der Waals surface area contributed by atoms with Gasteiger partial charge in [0.15, 0.2) is 0 Å². The van der Waals surface area contributed by atoms with Crippen molar-refractivity contribution in [2.24, 2.45) is 0 Å². The molecule has 2 rings (SSSR count). The minimum Gasteiger partial charge on any atom is -0.292 e. The fourth-order valence-electron chi connectivity index (χ4n) is 1.84. The molecule has 0 aliphatic rings. The normalized spacial score (nSPS) is 10.6. The van der Waals surface area contributed by atoms with Crippen LogP contribution in [0.5, 0.6) is 0 Å². The van der Waals surface area contributed by atoms with Crippen LogP contribution in [0.4, 0.5) is 0 Å². The Bertz CT molecular complexity index is 690. The van der Waals surface area contributed by atoms with Gasteiger partial charge in [-0.05, 0) is 43.4 Å². The van der Waals surface area contributed by atoms with Gasteiger partial charge >= 0.3 is 0 Å². The van der Waals surface area contributed by atoms with E-state index in [4.69, 9.17) is 11.6 Å². The molecule has 8 heteroatoms. The minimum atomic E-state index is -0.362. The molecule has 0 saturated heterocycles.